The van der Waals surface area contributed by atoms with Gasteiger partial charge < -0.3 is 20.1 Å². The van der Waals surface area contributed by atoms with Crippen molar-refractivity contribution in [1.29, 1.82) is 0 Å². The fourth-order valence-corrected chi connectivity index (χ4v) is 2.21. The Bertz CT molecular complexity index is 310. The first kappa shape index (κ1) is 16.8. The highest BCUT2D eigenvalue weighted by Gasteiger charge is 2.22. The first-order valence-electron chi connectivity index (χ1n) is 7.49. The molecule has 0 aromatic carbocycles. The van der Waals surface area contributed by atoms with Crippen LogP contribution in [0.4, 0.5) is 4.79 Å². The highest BCUT2D eigenvalue weighted by molar-refractivity contribution is 5.74. The second-order valence-corrected chi connectivity index (χ2v) is 5.14. The van der Waals surface area contributed by atoms with Gasteiger partial charge in [-0.05, 0) is 19.3 Å². The molecule has 1 unspecified atom stereocenters. The van der Waals surface area contributed by atoms with Crippen LogP contribution in [0.3, 0.4) is 0 Å². The molecule has 0 aliphatic carbocycles. The van der Waals surface area contributed by atoms with E-state index in [0.717, 1.165) is 25.7 Å². The van der Waals surface area contributed by atoms with Gasteiger partial charge in [-0.25, -0.2) is 4.79 Å². The lowest BCUT2D eigenvalue weighted by Gasteiger charge is -2.32. The van der Waals surface area contributed by atoms with Crippen LogP contribution in [0.1, 0.15) is 45.4 Å². The monoisotopic (exact) mass is 286 g/mol. The number of hydrogen-bond acceptors (Lipinski definition) is 3. The van der Waals surface area contributed by atoms with E-state index in [9.17, 15) is 9.59 Å². The van der Waals surface area contributed by atoms with Gasteiger partial charge >= 0.3 is 12.0 Å². The number of morpholine rings is 1. The third-order valence-electron chi connectivity index (χ3n) is 3.47. The standard InChI is InChI=1S/C14H26N2O4/c1-2-12-11-16(9-10-20-12)14(19)15-8-6-4-3-5-7-13(17)18/h12H,2-11H2,1H3,(H,15,19)(H,17,18). The van der Waals surface area contributed by atoms with E-state index >= 15 is 0 Å². The van der Waals surface area contributed by atoms with Crippen LogP contribution in [0.15, 0.2) is 0 Å². The number of ether oxygens (including phenoxy) is 1. The van der Waals surface area contributed by atoms with E-state index in [1.165, 1.54) is 0 Å². The second-order valence-electron chi connectivity index (χ2n) is 5.14. The molecular weight excluding hydrogens is 260 g/mol. The molecule has 1 heterocycles. The minimum absolute atomic E-state index is 0.0164. The number of carboxylic acid groups (broad SMARTS) is 1. The van der Waals surface area contributed by atoms with Crippen LogP contribution < -0.4 is 5.32 Å². The van der Waals surface area contributed by atoms with Crippen molar-refractivity contribution in [2.75, 3.05) is 26.2 Å². The molecule has 1 fully saturated rings. The molecule has 6 heteroatoms. The van der Waals surface area contributed by atoms with Crippen molar-refractivity contribution in [2.24, 2.45) is 0 Å². The number of nitrogens with one attached hydrogen (secondary N) is 1. The van der Waals surface area contributed by atoms with E-state index < -0.39 is 5.97 Å². The van der Waals surface area contributed by atoms with Gasteiger partial charge in [-0.2, -0.15) is 0 Å². The Hall–Kier alpha value is -1.30. The molecule has 2 N–H and O–H groups in total. The number of nitrogens with zero attached hydrogens (tertiary/aromatic N) is 1. The van der Waals surface area contributed by atoms with Crippen molar-refractivity contribution >= 4 is 12.0 Å². The molecule has 1 atom stereocenters. The molecule has 1 saturated heterocycles. The number of urea groups is 1. The molecule has 0 bridgehead atoms. The van der Waals surface area contributed by atoms with Crippen molar-refractivity contribution in [2.45, 2.75) is 51.6 Å². The topological polar surface area (TPSA) is 78.9 Å². The van der Waals surface area contributed by atoms with E-state index in [0.29, 0.717) is 32.7 Å². The summed E-state index contributed by atoms with van der Waals surface area (Å²) in [5.41, 5.74) is 0. The Kier molecular flexibility index (Phi) is 8.02. The van der Waals surface area contributed by atoms with Gasteiger partial charge in [-0.15, -0.1) is 0 Å². The Balaban J connectivity index is 2.03. The minimum atomic E-state index is -0.740. The summed E-state index contributed by atoms with van der Waals surface area (Å²) in [7, 11) is 0. The second kappa shape index (κ2) is 9.58. The summed E-state index contributed by atoms with van der Waals surface area (Å²) in [6.07, 6.45) is 4.78. The fraction of sp³-hybridized carbons (Fsp3) is 0.857. The van der Waals surface area contributed by atoms with Gasteiger partial charge in [0.1, 0.15) is 0 Å². The molecule has 1 aliphatic heterocycles. The van der Waals surface area contributed by atoms with Crippen LogP contribution >= 0.6 is 0 Å². The molecular formula is C14H26N2O4. The summed E-state index contributed by atoms with van der Waals surface area (Å²) in [5.74, 6) is -0.740. The Morgan fingerprint density at radius 2 is 2.05 bits per heavy atom. The number of carboxylic acids is 1. The van der Waals surface area contributed by atoms with Gasteiger partial charge in [-0.1, -0.05) is 19.8 Å². The van der Waals surface area contributed by atoms with E-state index in [2.05, 4.69) is 12.2 Å². The third-order valence-corrected chi connectivity index (χ3v) is 3.47. The smallest absolute Gasteiger partial charge is 0.317 e. The number of unbranched alkanes of at least 4 members (excludes halogenated alkanes) is 3. The number of aliphatic carboxylic acids is 1. The van der Waals surface area contributed by atoms with Gasteiger partial charge in [0.15, 0.2) is 0 Å². The van der Waals surface area contributed by atoms with Crippen LogP contribution in [0, 0.1) is 0 Å². The summed E-state index contributed by atoms with van der Waals surface area (Å²) in [6, 6.07) is -0.0164. The van der Waals surface area contributed by atoms with Gasteiger partial charge in [0.05, 0.1) is 12.7 Å². The highest BCUT2D eigenvalue weighted by atomic mass is 16.5. The lowest BCUT2D eigenvalue weighted by atomic mass is 10.1. The maximum atomic E-state index is 11.9. The number of rotatable bonds is 8. The minimum Gasteiger partial charge on any atom is -0.481 e. The van der Waals surface area contributed by atoms with Gasteiger partial charge in [0.2, 0.25) is 0 Å². The number of carbonyl (C=O) groups is 2. The van der Waals surface area contributed by atoms with E-state index in [4.69, 9.17) is 9.84 Å². The van der Waals surface area contributed by atoms with Crippen LogP contribution in [-0.4, -0.2) is 54.4 Å². The van der Waals surface area contributed by atoms with Crippen LogP contribution in [0.5, 0.6) is 0 Å². The summed E-state index contributed by atoms with van der Waals surface area (Å²) >= 11 is 0. The Morgan fingerprint density at radius 3 is 2.75 bits per heavy atom. The summed E-state index contributed by atoms with van der Waals surface area (Å²) in [5, 5.41) is 11.4. The number of carbonyl (C=O) groups excluding carboxylic acids is 1. The van der Waals surface area contributed by atoms with Crippen molar-refractivity contribution in [1.82, 2.24) is 10.2 Å². The molecule has 2 amide bonds. The van der Waals surface area contributed by atoms with Crippen molar-refractivity contribution < 1.29 is 19.4 Å². The van der Waals surface area contributed by atoms with Crippen LogP contribution in [0.2, 0.25) is 0 Å². The van der Waals surface area contributed by atoms with Crippen molar-refractivity contribution in [3.05, 3.63) is 0 Å². The van der Waals surface area contributed by atoms with Gasteiger partial charge in [-0.3, -0.25) is 4.79 Å². The zero-order chi connectivity index (χ0) is 14.8. The molecule has 20 heavy (non-hydrogen) atoms. The average Bonchev–Trinajstić information content (AvgIpc) is 2.45. The SMILES string of the molecule is CCC1CN(C(=O)NCCCCCCC(=O)O)CCO1. The first-order valence-corrected chi connectivity index (χ1v) is 7.49. The van der Waals surface area contributed by atoms with Gasteiger partial charge in [0.25, 0.3) is 0 Å². The fourth-order valence-electron chi connectivity index (χ4n) is 2.21. The van der Waals surface area contributed by atoms with E-state index in [1.54, 1.807) is 0 Å². The predicted octanol–water partition coefficient (Wildman–Crippen LogP) is 1.84. The summed E-state index contributed by atoms with van der Waals surface area (Å²) in [6.45, 7) is 4.65. The van der Waals surface area contributed by atoms with E-state index in [-0.39, 0.29) is 18.6 Å². The number of amides is 2. The molecule has 116 valence electrons. The molecule has 0 spiro atoms. The van der Waals surface area contributed by atoms with Crippen LogP contribution in [-0.2, 0) is 9.53 Å². The molecule has 0 saturated carbocycles. The summed E-state index contributed by atoms with van der Waals surface area (Å²) in [4.78, 5) is 24.1. The Labute approximate surface area is 120 Å². The number of hydrogen-bond donors (Lipinski definition) is 2. The molecule has 0 aromatic heterocycles. The van der Waals surface area contributed by atoms with E-state index in [1.807, 2.05) is 4.90 Å². The lowest BCUT2D eigenvalue weighted by Crippen LogP contribution is -2.49. The van der Waals surface area contributed by atoms with Crippen molar-refractivity contribution in [3.63, 3.8) is 0 Å². The van der Waals surface area contributed by atoms with Gasteiger partial charge in [0, 0.05) is 26.1 Å². The maximum Gasteiger partial charge on any atom is 0.317 e. The molecule has 0 aromatic rings. The molecule has 0 radical (unpaired) electrons. The zero-order valence-corrected chi connectivity index (χ0v) is 12.3. The quantitative estimate of drug-likeness (QED) is 0.667. The first-order chi connectivity index (χ1) is 9.63. The lowest BCUT2D eigenvalue weighted by molar-refractivity contribution is -0.137. The molecule has 1 rings (SSSR count). The predicted molar refractivity (Wildman–Crippen MR) is 75.7 cm³/mol. The molecule has 6 nitrogen and oxygen atoms in total. The summed E-state index contributed by atoms with van der Waals surface area (Å²) < 4.78 is 5.53. The van der Waals surface area contributed by atoms with Crippen LogP contribution in [0.25, 0.3) is 0 Å². The van der Waals surface area contributed by atoms with Crippen molar-refractivity contribution in [3.8, 4) is 0 Å². The normalized spacial score (nSPS) is 18.9. The largest absolute Gasteiger partial charge is 0.481 e. The Morgan fingerprint density at radius 1 is 1.30 bits per heavy atom. The highest BCUT2D eigenvalue weighted by Crippen LogP contribution is 2.08. The third kappa shape index (κ3) is 6.75. The molecule has 1 aliphatic rings. The average molecular weight is 286 g/mol. The zero-order valence-electron chi connectivity index (χ0n) is 12.3. The maximum absolute atomic E-state index is 11.9.